The van der Waals surface area contributed by atoms with Crippen LogP contribution in [0.25, 0.3) is 0 Å². The second-order valence-electron chi connectivity index (χ2n) is 2.72. The van der Waals surface area contributed by atoms with E-state index in [1.54, 1.807) is 6.33 Å². The topological polar surface area (TPSA) is 17.8 Å². The molecule has 0 aliphatic carbocycles. The van der Waals surface area contributed by atoms with Gasteiger partial charge in [-0.25, -0.2) is 4.98 Å². The van der Waals surface area contributed by atoms with E-state index in [4.69, 9.17) is 11.6 Å². The van der Waals surface area contributed by atoms with Crippen molar-refractivity contribution in [2.75, 3.05) is 0 Å². The van der Waals surface area contributed by atoms with Gasteiger partial charge in [0.25, 0.3) is 0 Å². The fourth-order valence-electron chi connectivity index (χ4n) is 0.996. The Morgan fingerprint density at radius 2 is 2.45 bits per heavy atom. The summed E-state index contributed by atoms with van der Waals surface area (Å²) in [4.78, 5) is 4.17. The maximum atomic E-state index is 6.04. The minimum atomic E-state index is 0.0844. The monoisotopic (exact) mass is 172 g/mol. The summed E-state index contributed by atoms with van der Waals surface area (Å²) in [7, 11) is 1.95. The van der Waals surface area contributed by atoms with Crippen LogP contribution in [-0.2, 0) is 7.05 Å². The first kappa shape index (κ1) is 8.60. The zero-order valence-electron chi connectivity index (χ0n) is 6.92. The summed E-state index contributed by atoms with van der Waals surface area (Å²) >= 11 is 6.04. The van der Waals surface area contributed by atoms with Crippen LogP contribution in [0.4, 0.5) is 0 Å². The lowest BCUT2D eigenvalue weighted by Gasteiger charge is -2.01. The van der Waals surface area contributed by atoms with Crippen LogP contribution in [0.1, 0.15) is 30.8 Å². The quantitative estimate of drug-likeness (QED) is 0.641. The Morgan fingerprint density at radius 1 is 1.73 bits per heavy atom. The second kappa shape index (κ2) is 3.77. The van der Waals surface area contributed by atoms with E-state index in [1.165, 1.54) is 0 Å². The smallest absolute Gasteiger partial charge is 0.0947 e. The molecule has 0 saturated heterocycles. The Kier molecular flexibility index (Phi) is 2.94. The minimum Gasteiger partial charge on any atom is -0.340 e. The summed E-state index contributed by atoms with van der Waals surface area (Å²) in [6.45, 7) is 2.12. The number of aryl methyl sites for hydroxylation is 1. The molecule has 0 saturated carbocycles. The molecule has 0 fully saturated rings. The number of nitrogens with zero attached hydrogens (tertiary/aromatic N) is 2. The van der Waals surface area contributed by atoms with Crippen molar-refractivity contribution in [1.82, 2.24) is 9.55 Å². The molecule has 1 aromatic heterocycles. The number of alkyl halides is 1. The maximum Gasteiger partial charge on any atom is 0.0947 e. The van der Waals surface area contributed by atoms with E-state index < -0.39 is 0 Å². The molecule has 0 N–H and O–H groups in total. The predicted octanol–water partition coefficient (Wildman–Crippen LogP) is 2.50. The predicted molar refractivity (Wildman–Crippen MR) is 46.7 cm³/mol. The Morgan fingerprint density at radius 3 is 2.91 bits per heavy atom. The number of hydrogen-bond donors (Lipinski definition) is 0. The number of imidazole rings is 1. The highest BCUT2D eigenvalue weighted by Crippen LogP contribution is 2.22. The molecule has 0 bridgehead atoms. The molecule has 1 aromatic rings. The third-order valence-electron chi connectivity index (χ3n) is 1.59. The molecule has 0 radical (unpaired) electrons. The molecule has 62 valence electrons. The Bertz CT molecular complexity index is 220. The lowest BCUT2D eigenvalue weighted by molar-refractivity contribution is 0.754. The van der Waals surface area contributed by atoms with Crippen LogP contribution in [0.5, 0.6) is 0 Å². The highest BCUT2D eigenvalue weighted by atomic mass is 35.5. The molecule has 2 nitrogen and oxygen atoms in total. The van der Waals surface area contributed by atoms with Crippen molar-refractivity contribution in [2.45, 2.75) is 25.1 Å². The van der Waals surface area contributed by atoms with E-state index in [2.05, 4.69) is 11.9 Å². The van der Waals surface area contributed by atoms with Crippen LogP contribution in [0.15, 0.2) is 12.5 Å². The molecule has 1 heterocycles. The number of rotatable bonds is 3. The molecule has 3 heteroatoms. The Labute approximate surface area is 72.2 Å². The highest BCUT2D eigenvalue weighted by Gasteiger charge is 2.08. The third-order valence-corrected chi connectivity index (χ3v) is 2.03. The lowest BCUT2D eigenvalue weighted by Crippen LogP contribution is -1.89. The van der Waals surface area contributed by atoms with Crippen molar-refractivity contribution in [1.29, 1.82) is 0 Å². The molecule has 0 aliphatic heterocycles. The van der Waals surface area contributed by atoms with Gasteiger partial charge in [0.2, 0.25) is 0 Å². The molecule has 0 aromatic carbocycles. The van der Waals surface area contributed by atoms with Crippen LogP contribution in [0, 0.1) is 0 Å². The summed E-state index contributed by atoms with van der Waals surface area (Å²) in [5, 5.41) is 0.0844. The van der Waals surface area contributed by atoms with E-state index in [-0.39, 0.29) is 5.38 Å². The van der Waals surface area contributed by atoms with Crippen LogP contribution >= 0.6 is 11.6 Å². The summed E-state index contributed by atoms with van der Waals surface area (Å²) in [6, 6.07) is 0. The average molecular weight is 173 g/mol. The molecular weight excluding hydrogens is 160 g/mol. The largest absolute Gasteiger partial charge is 0.340 e. The first-order valence-corrected chi connectivity index (χ1v) is 4.29. The van der Waals surface area contributed by atoms with Gasteiger partial charge in [-0.15, -0.1) is 11.6 Å². The lowest BCUT2D eigenvalue weighted by atomic mass is 10.2. The Hall–Kier alpha value is -0.500. The summed E-state index contributed by atoms with van der Waals surface area (Å²) in [5.74, 6) is 0. The van der Waals surface area contributed by atoms with E-state index >= 15 is 0 Å². The molecular formula is C8H13ClN2. The molecule has 1 rings (SSSR count). The van der Waals surface area contributed by atoms with Gasteiger partial charge in [0.15, 0.2) is 0 Å². The number of aromatic nitrogens is 2. The van der Waals surface area contributed by atoms with Crippen LogP contribution in [-0.4, -0.2) is 9.55 Å². The van der Waals surface area contributed by atoms with E-state index in [1.807, 2.05) is 17.8 Å². The zero-order valence-corrected chi connectivity index (χ0v) is 7.67. The molecule has 1 atom stereocenters. The van der Waals surface area contributed by atoms with Crippen molar-refractivity contribution in [3.63, 3.8) is 0 Å². The van der Waals surface area contributed by atoms with Gasteiger partial charge in [0.05, 0.1) is 17.4 Å². The molecule has 0 spiro atoms. The molecule has 1 unspecified atom stereocenters. The van der Waals surface area contributed by atoms with Crippen molar-refractivity contribution < 1.29 is 0 Å². The van der Waals surface area contributed by atoms with E-state index in [0.717, 1.165) is 18.5 Å². The van der Waals surface area contributed by atoms with E-state index in [0.29, 0.717) is 0 Å². The van der Waals surface area contributed by atoms with Crippen LogP contribution in [0.3, 0.4) is 0 Å². The first-order chi connectivity index (χ1) is 5.24. The molecule has 0 amide bonds. The summed E-state index contributed by atoms with van der Waals surface area (Å²) < 4.78 is 1.92. The van der Waals surface area contributed by atoms with Crippen molar-refractivity contribution in [3.8, 4) is 0 Å². The average Bonchev–Trinajstić information content (AvgIpc) is 2.36. The van der Waals surface area contributed by atoms with Gasteiger partial charge in [0, 0.05) is 13.2 Å². The standard InChI is InChI=1S/C8H13ClN2/c1-3-4-7(9)8-5-11(2)6-10-8/h5-7H,3-4H2,1-2H3. The Balaban J connectivity index is 2.60. The van der Waals surface area contributed by atoms with Crippen molar-refractivity contribution in [3.05, 3.63) is 18.2 Å². The van der Waals surface area contributed by atoms with Gasteiger partial charge < -0.3 is 4.57 Å². The second-order valence-corrected chi connectivity index (χ2v) is 3.25. The first-order valence-electron chi connectivity index (χ1n) is 3.86. The van der Waals surface area contributed by atoms with Gasteiger partial charge in [0.1, 0.15) is 0 Å². The van der Waals surface area contributed by atoms with Crippen molar-refractivity contribution in [2.24, 2.45) is 7.05 Å². The van der Waals surface area contributed by atoms with Gasteiger partial charge >= 0.3 is 0 Å². The zero-order chi connectivity index (χ0) is 8.27. The van der Waals surface area contributed by atoms with Crippen LogP contribution < -0.4 is 0 Å². The van der Waals surface area contributed by atoms with Gasteiger partial charge in [-0.3, -0.25) is 0 Å². The fourth-order valence-corrected chi connectivity index (χ4v) is 1.33. The number of halogens is 1. The summed E-state index contributed by atoms with van der Waals surface area (Å²) in [5.41, 5.74) is 0.982. The third kappa shape index (κ3) is 2.22. The van der Waals surface area contributed by atoms with Crippen molar-refractivity contribution >= 4 is 11.6 Å². The summed E-state index contributed by atoms with van der Waals surface area (Å²) in [6.07, 6.45) is 5.84. The normalized spacial score (nSPS) is 13.4. The van der Waals surface area contributed by atoms with Gasteiger partial charge in [-0.05, 0) is 6.42 Å². The van der Waals surface area contributed by atoms with Gasteiger partial charge in [-0.2, -0.15) is 0 Å². The van der Waals surface area contributed by atoms with Crippen LogP contribution in [0.2, 0.25) is 0 Å². The molecule has 0 aliphatic rings. The minimum absolute atomic E-state index is 0.0844. The fraction of sp³-hybridized carbons (Fsp3) is 0.625. The maximum absolute atomic E-state index is 6.04. The number of hydrogen-bond acceptors (Lipinski definition) is 1. The SMILES string of the molecule is CCCC(Cl)c1cn(C)cn1. The van der Waals surface area contributed by atoms with Gasteiger partial charge in [-0.1, -0.05) is 13.3 Å². The molecule has 11 heavy (non-hydrogen) atoms. The highest BCUT2D eigenvalue weighted by molar-refractivity contribution is 6.20. The van der Waals surface area contributed by atoms with E-state index in [9.17, 15) is 0 Å².